The van der Waals surface area contributed by atoms with Crippen molar-refractivity contribution in [3.05, 3.63) is 29.6 Å². The fraction of sp³-hybridized carbons (Fsp3) is 0.429. The number of esters is 2. The smallest absolute Gasteiger partial charge is 0.343 e. The van der Waals surface area contributed by atoms with E-state index in [1.165, 1.54) is 0 Å². The molecule has 3 N–H and O–H groups in total. The lowest BCUT2D eigenvalue weighted by molar-refractivity contribution is -0.171. The van der Waals surface area contributed by atoms with E-state index < -0.39 is 34.5 Å². The lowest BCUT2D eigenvalue weighted by Crippen LogP contribution is -2.55. The van der Waals surface area contributed by atoms with Crippen molar-refractivity contribution in [3.63, 3.8) is 0 Å². The van der Waals surface area contributed by atoms with Crippen LogP contribution in [0.4, 0.5) is 4.39 Å². The van der Waals surface area contributed by atoms with Crippen LogP contribution >= 0.6 is 0 Å². The van der Waals surface area contributed by atoms with Gasteiger partial charge in [0.05, 0.1) is 7.11 Å². The third-order valence-corrected chi connectivity index (χ3v) is 2.61. The zero-order valence-corrected chi connectivity index (χ0v) is 12.3. The number of benzene rings is 1. The second-order valence-electron chi connectivity index (χ2n) is 5.47. The second-order valence-corrected chi connectivity index (χ2v) is 5.47. The summed E-state index contributed by atoms with van der Waals surface area (Å²) < 4.78 is 23.5. The van der Waals surface area contributed by atoms with Gasteiger partial charge in [-0.15, -0.1) is 0 Å². The van der Waals surface area contributed by atoms with Crippen LogP contribution < -0.4 is 5.73 Å². The lowest BCUT2D eigenvalue weighted by Gasteiger charge is -2.29. The molecule has 1 atom stereocenters. The minimum atomic E-state index is -2.46. The van der Waals surface area contributed by atoms with Crippen molar-refractivity contribution in [2.24, 2.45) is 5.73 Å². The van der Waals surface area contributed by atoms with Gasteiger partial charge in [0.2, 0.25) is 5.54 Å². The number of ether oxygens (including phenoxy) is 2. The average molecular weight is 299 g/mol. The number of carbonyl (C=O) groups excluding carboxylic acids is 2. The highest BCUT2D eigenvalue weighted by molar-refractivity contribution is 6.05. The number of hydrogen-bond donors (Lipinski definition) is 2. The Morgan fingerprint density at radius 3 is 2.24 bits per heavy atom. The Hall–Kier alpha value is -2.15. The van der Waals surface area contributed by atoms with E-state index in [4.69, 9.17) is 10.5 Å². The van der Waals surface area contributed by atoms with E-state index in [-0.39, 0.29) is 5.75 Å². The van der Waals surface area contributed by atoms with Crippen molar-refractivity contribution >= 4 is 11.9 Å². The number of nitrogens with two attached hydrogens (primary N) is 1. The second kappa shape index (κ2) is 5.69. The molecule has 116 valence electrons. The zero-order valence-electron chi connectivity index (χ0n) is 12.3. The van der Waals surface area contributed by atoms with Gasteiger partial charge in [-0.25, -0.2) is 14.0 Å². The number of phenolic OH excluding ortho intramolecular Hbond substituents is 1. The van der Waals surface area contributed by atoms with E-state index in [1.807, 2.05) is 0 Å². The average Bonchev–Trinajstić information content (AvgIpc) is 2.34. The molecule has 0 aliphatic carbocycles. The highest BCUT2D eigenvalue weighted by Crippen LogP contribution is 2.28. The molecule has 1 aromatic carbocycles. The monoisotopic (exact) mass is 299 g/mol. The van der Waals surface area contributed by atoms with Crippen LogP contribution in [0, 0.1) is 5.82 Å². The molecule has 6 nitrogen and oxygen atoms in total. The van der Waals surface area contributed by atoms with Crippen LogP contribution in [-0.2, 0) is 24.6 Å². The molecule has 0 radical (unpaired) electrons. The van der Waals surface area contributed by atoms with Crippen molar-refractivity contribution < 1.29 is 28.6 Å². The fourth-order valence-corrected chi connectivity index (χ4v) is 1.65. The van der Waals surface area contributed by atoms with E-state index >= 15 is 0 Å². The molecule has 0 unspecified atom stereocenters. The molecule has 0 bridgehead atoms. The predicted molar refractivity (Wildman–Crippen MR) is 71.8 cm³/mol. The van der Waals surface area contributed by atoms with Crippen LogP contribution in [-0.4, -0.2) is 29.8 Å². The van der Waals surface area contributed by atoms with E-state index in [9.17, 15) is 19.1 Å². The van der Waals surface area contributed by atoms with Crippen LogP contribution in [0.2, 0.25) is 0 Å². The molecule has 1 aromatic rings. The number of rotatable bonds is 3. The van der Waals surface area contributed by atoms with Gasteiger partial charge in [-0.05, 0) is 32.9 Å². The maximum absolute atomic E-state index is 14.0. The quantitative estimate of drug-likeness (QED) is 0.643. The molecule has 0 fully saturated rings. The van der Waals surface area contributed by atoms with Crippen LogP contribution in [0.25, 0.3) is 0 Å². The van der Waals surface area contributed by atoms with Crippen LogP contribution in [0.1, 0.15) is 26.3 Å². The van der Waals surface area contributed by atoms with Gasteiger partial charge in [-0.3, -0.25) is 0 Å². The van der Waals surface area contributed by atoms with Gasteiger partial charge in [0.1, 0.15) is 17.2 Å². The topological polar surface area (TPSA) is 98.9 Å². The maximum Gasteiger partial charge on any atom is 0.343 e. The van der Waals surface area contributed by atoms with Crippen LogP contribution in [0.5, 0.6) is 5.75 Å². The van der Waals surface area contributed by atoms with E-state index in [0.29, 0.717) is 0 Å². The van der Waals surface area contributed by atoms with Crippen LogP contribution in [0.3, 0.4) is 0 Å². The van der Waals surface area contributed by atoms with Gasteiger partial charge in [-0.1, -0.05) is 0 Å². The summed E-state index contributed by atoms with van der Waals surface area (Å²) in [5, 5.41) is 9.21. The molecule has 21 heavy (non-hydrogen) atoms. The summed E-state index contributed by atoms with van der Waals surface area (Å²) >= 11 is 0. The lowest BCUT2D eigenvalue weighted by atomic mass is 9.90. The Bertz CT molecular complexity index is 567. The normalized spacial score (nSPS) is 14.2. The first-order valence-corrected chi connectivity index (χ1v) is 6.12. The van der Waals surface area contributed by atoms with E-state index in [0.717, 1.165) is 25.3 Å². The number of phenols is 1. The van der Waals surface area contributed by atoms with Gasteiger partial charge < -0.3 is 20.3 Å². The molecule has 0 aromatic heterocycles. The number of methoxy groups -OCH3 is 1. The van der Waals surface area contributed by atoms with Crippen molar-refractivity contribution in [1.82, 2.24) is 0 Å². The highest BCUT2D eigenvalue weighted by Gasteiger charge is 2.49. The third-order valence-electron chi connectivity index (χ3n) is 2.61. The fourth-order valence-electron chi connectivity index (χ4n) is 1.65. The molecule has 0 aliphatic rings. The summed E-state index contributed by atoms with van der Waals surface area (Å²) in [4.78, 5) is 24.2. The van der Waals surface area contributed by atoms with Crippen molar-refractivity contribution in [2.75, 3.05) is 7.11 Å². The summed E-state index contributed by atoms with van der Waals surface area (Å²) in [5.74, 6) is -3.70. The first-order valence-electron chi connectivity index (χ1n) is 6.12. The molecule has 0 spiro atoms. The molecule has 7 heteroatoms. The number of carbonyl (C=O) groups is 2. The predicted octanol–water partition coefficient (Wildman–Crippen LogP) is 1.20. The summed E-state index contributed by atoms with van der Waals surface area (Å²) in [7, 11) is 1.02. The molecule has 0 amide bonds. The Kier molecular flexibility index (Phi) is 4.58. The standard InChI is InChI=1S/C14H18FNO5/c1-13(2,3)21-12(19)14(16,11(18)20-4)9-6-5-8(17)7-10(9)15/h5-7,17H,16H2,1-4H3/t14-/m0/s1. The Morgan fingerprint density at radius 2 is 1.81 bits per heavy atom. The zero-order chi connectivity index (χ0) is 16.4. The third kappa shape index (κ3) is 3.49. The molecular weight excluding hydrogens is 281 g/mol. The molecule has 0 saturated carbocycles. The van der Waals surface area contributed by atoms with Crippen molar-refractivity contribution in [1.29, 1.82) is 0 Å². The molecule has 0 saturated heterocycles. The first kappa shape index (κ1) is 16.9. The van der Waals surface area contributed by atoms with E-state index in [2.05, 4.69) is 4.74 Å². The SMILES string of the molecule is COC(=O)[C@](N)(C(=O)OC(C)(C)C)c1ccc(O)cc1F. The Balaban J connectivity index is 3.40. The summed E-state index contributed by atoms with van der Waals surface area (Å²) in [6.45, 7) is 4.74. The molecule has 0 heterocycles. The number of aromatic hydroxyl groups is 1. The Morgan fingerprint density at radius 1 is 1.24 bits per heavy atom. The summed E-state index contributed by atoms with van der Waals surface area (Å²) in [6, 6.07) is 2.88. The number of halogens is 1. The van der Waals surface area contributed by atoms with Gasteiger partial charge in [-0.2, -0.15) is 0 Å². The maximum atomic E-state index is 14.0. The van der Waals surface area contributed by atoms with Gasteiger partial charge in [0, 0.05) is 11.6 Å². The summed E-state index contributed by atoms with van der Waals surface area (Å²) in [6.07, 6.45) is 0. The Labute approximate surface area is 121 Å². The summed E-state index contributed by atoms with van der Waals surface area (Å²) in [5.41, 5.74) is 1.98. The van der Waals surface area contributed by atoms with Crippen molar-refractivity contribution in [3.8, 4) is 5.75 Å². The minimum absolute atomic E-state index is 0.368. The van der Waals surface area contributed by atoms with Crippen LogP contribution in [0.15, 0.2) is 18.2 Å². The van der Waals surface area contributed by atoms with E-state index in [1.54, 1.807) is 20.8 Å². The molecular formula is C14H18FNO5. The number of hydrogen-bond acceptors (Lipinski definition) is 6. The van der Waals surface area contributed by atoms with Gasteiger partial charge in [0.15, 0.2) is 0 Å². The first-order chi connectivity index (χ1) is 9.52. The van der Waals surface area contributed by atoms with Gasteiger partial charge >= 0.3 is 11.9 Å². The molecule has 0 aliphatic heterocycles. The largest absolute Gasteiger partial charge is 0.508 e. The minimum Gasteiger partial charge on any atom is -0.508 e. The van der Waals surface area contributed by atoms with Gasteiger partial charge in [0.25, 0.3) is 0 Å². The van der Waals surface area contributed by atoms with Crippen molar-refractivity contribution in [2.45, 2.75) is 31.9 Å². The molecule has 1 rings (SSSR count). The highest BCUT2D eigenvalue weighted by atomic mass is 19.1.